The van der Waals surface area contributed by atoms with Gasteiger partial charge in [-0.05, 0) is 39.3 Å². The van der Waals surface area contributed by atoms with E-state index >= 15 is 0 Å². The molecule has 0 amide bonds. The van der Waals surface area contributed by atoms with Crippen molar-refractivity contribution in [3.63, 3.8) is 0 Å². The topological polar surface area (TPSA) is 97.5 Å². The predicted octanol–water partition coefficient (Wildman–Crippen LogP) is 4.71. The minimum absolute atomic E-state index is 0. The van der Waals surface area contributed by atoms with E-state index in [2.05, 4.69) is 16.3 Å². The van der Waals surface area contributed by atoms with Crippen molar-refractivity contribution in [1.82, 2.24) is 14.8 Å². The number of aliphatic hydroxyl groups is 2. The summed E-state index contributed by atoms with van der Waals surface area (Å²) in [6, 6.07) is 27.8. The van der Waals surface area contributed by atoms with Crippen molar-refractivity contribution in [2.24, 2.45) is 0 Å². The Bertz CT molecular complexity index is 1150. The van der Waals surface area contributed by atoms with Gasteiger partial charge >= 0.3 is 5.97 Å². The zero-order valence-corrected chi connectivity index (χ0v) is 22.9. The number of para-hydroxylation sites is 1. The van der Waals surface area contributed by atoms with Crippen LogP contribution in [0.25, 0.3) is 28.5 Å². The summed E-state index contributed by atoms with van der Waals surface area (Å²) in [5.74, 6) is 0.870. The van der Waals surface area contributed by atoms with Crippen molar-refractivity contribution in [3.05, 3.63) is 90.5 Å². The van der Waals surface area contributed by atoms with Crippen LogP contribution in [-0.2, 0) is 24.8 Å². The number of ether oxygens (including phenoxy) is 1. The van der Waals surface area contributed by atoms with Gasteiger partial charge in [0.25, 0.3) is 0 Å². The van der Waals surface area contributed by atoms with Crippen LogP contribution in [-0.4, -0.2) is 49.8 Å². The zero-order valence-electron chi connectivity index (χ0n) is 20.5. The van der Waals surface area contributed by atoms with Gasteiger partial charge in [-0.15, -0.1) is 41.0 Å². The second-order valence-electron chi connectivity index (χ2n) is 8.00. The van der Waals surface area contributed by atoms with Crippen molar-refractivity contribution in [3.8, 4) is 28.5 Å². The summed E-state index contributed by atoms with van der Waals surface area (Å²) >= 11 is 0. The molecule has 2 atom stereocenters. The first-order valence-electron chi connectivity index (χ1n) is 11.5. The molecule has 0 aliphatic carbocycles. The van der Waals surface area contributed by atoms with Gasteiger partial charge in [0.15, 0.2) is 5.82 Å². The van der Waals surface area contributed by atoms with E-state index in [-0.39, 0.29) is 38.3 Å². The van der Waals surface area contributed by atoms with E-state index in [1.54, 1.807) is 26.8 Å². The number of rotatable bonds is 7. The van der Waals surface area contributed by atoms with Crippen LogP contribution in [0.3, 0.4) is 0 Å². The molecule has 36 heavy (non-hydrogen) atoms. The number of nitrogens with zero attached hydrogens (tertiary/aromatic N) is 3. The smallest absolute Gasteiger partial charge is 0.340 e. The fourth-order valence-electron chi connectivity index (χ4n) is 3.54. The largest absolute Gasteiger partial charge is 0.462 e. The van der Waals surface area contributed by atoms with E-state index in [1.807, 2.05) is 77.4 Å². The molecule has 7 nitrogen and oxygen atoms in total. The molecule has 0 aliphatic heterocycles. The van der Waals surface area contributed by atoms with Crippen LogP contribution in [0.2, 0.25) is 0 Å². The van der Waals surface area contributed by atoms with Gasteiger partial charge in [-0.3, -0.25) is 0 Å². The van der Waals surface area contributed by atoms with Crippen molar-refractivity contribution in [2.75, 3.05) is 6.61 Å². The molecule has 3 aromatic carbocycles. The second-order valence-corrected chi connectivity index (χ2v) is 8.00. The van der Waals surface area contributed by atoms with Gasteiger partial charge in [0.1, 0.15) is 0 Å². The second kappa shape index (κ2) is 14.4. The molecule has 4 aromatic rings. The van der Waals surface area contributed by atoms with Crippen LogP contribution in [0, 0.1) is 6.07 Å². The molecule has 0 saturated carbocycles. The van der Waals surface area contributed by atoms with Crippen LogP contribution >= 0.6 is 0 Å². The normalized spacial score (nSPS) is 11.9. The van der Waals surface area contributed by atoms with Crippen LogP contribution in [0.15, 0.2) is 78.9 Å². The van der Waals surface area contributed by atoms with E-state index in [9.17, 15) is 4.79 Å². The van der Waals surface area contributed by atoms with Gasteiger partial charge in [0, 0.05) is 25.7 Å². The summed E-state index contributed by atoms with van der Waals surface area (Å²) in [7, 11) is 0. The maximum Gasteiger partial charge on any atom is 0.340 e. The molecule has 0 bridgehead atoms. The Morgan fingerprint density at radius 2 is 1.53 bits per heavy atom. The van der Waals surface area contributed by atoms with E-state index in [1.165, 1.54) is 0 Å². The van der Waals surface area contributed by atoms with Crippen molar-refractivity contribution < 1.29 is 39.8 Å². The monoisotopic (exact) mass is 665 g/mol. The van der Waals surface area contributed by atoms with Crippen LogP contribution in [0.5, 0.6) is 0 Å². The summed E-state index contributed by atoms with van der Waals surface area (Å²) in [6.07, 6.45) is -0.278. The molecule has 8 heteroatoms. The first-order chi connectivity index (χ1) is 16.9. The maximum atomic E-state index is 12.6. The number of esters is 1. The number of benzene rings is 3. The van der Waals surface area contributed by atoms with Gasteiger partial charge in [-0.1, -0.05) is 42.5 Å². The quantitative estimate of drug-likeness (QED) is 0.220. The third kappa shape index (κ3) is 7.67. The van der Waals surface area contributed by atoms with Gasteiger partial charge in [-0.2, -0.15) is 5.10 Å². The van der Waals surface area contributed by atoms with E-state index < -0.39 is 0 Å². The molecule has 0 aliphatic rings. The summed E-state index contributed by atoms with van der Waals surface area (Å²) in [6.45, 7) is 5.42. The molecule has 0 saturated heterocycles. The van der Waals surface area contributed by atoms with E-state index in [0.29, 0.717) is 35.9 Å². The Labute approximate surface area is 225 Å². The van der Waals surface area contributed by atoms with E-state index in [4.69, 9.17) is 14.9 Å². The Kier molecular flexibility index (Phi) is 11.6. The van der Waals surface area contributed by atoms with Crippen molar-refractivity contribution in [1.29, 1.82) is 0 Å². The minimum atomic E-state index is -0.381. The number of carbonyl (C=O) groups excluding carboxylic acids is 1. The van der Waals surface area contributed by atoms with Gasteiger partial charge in [0.05, 0.1) is 35.9 Å². The number of hydrogen-bond acceptors (Lipinski definition) is 6. The van der Waals surface area contributed by atoms with E-state index in [0.717, 1.165) is 11.1 Å². The van der Waals surface area contributed by atoms with Gasteiger partial charge in [0.2, 0.25) is 0 Å². The van der Waals surface area contributed by atoms with Crippen LogP contribution in [0.4, 0.5) is 0 Å². The van der Waals surface area contributed by atoms with Crippen LogP contribution in [0.1, 0.15) is 37.6 Å². The Hall–Kier alpha value is -3.16. The summed E-state index contributed by atoms with van der Waals surface area (Å²) < 4.78 is 7.14. The SMILES string of the molecule is CC(O)CC(C)O.CCOC(=O)c1ccccc1-n1c(-c2[c-]cccc2)nnc1-c1ccccc1.[Ir]. The molecular weight excluding hydrogens is 635 g/mol. The third-order valence-corrected chi connectivity index (χ3v) is 4.97. The maximum absolute atomic E-state index is 12.6. The van der Waals surface area contributed by atoms with Gasteiger partial charge in [-0.25, -0.2) is 4.79 Å². The Morgan fingerprint density at radius 1 is 0.917 bits per heavy atom. The summed E-state index contributed by atoms with van der Waals surface area (Å²) in [5.41, 5.74) is 2.81. The molecule has 1 aromatic heterocycles. The molecule has 0 fully saturated rings. The van der Waals surface area contributed by atoms with Crippen molar-refractivity contribution >= 4 is 5.97 Å². The molecular formula is C28H30IrN3O4-. The first kappa shape index (κ1) is 29.1. The molecule has 4 rings (SSSR count). The van der Waals surface area contributed by atoms with Gasteiger partial charge < -0.3 is 19.5 Å². The Balaban J connectivity index is 0.000000503. The number of hydrogen-bond donors (Lipinski definition) is 2. The molecule has 2 unspecified atom stereocenters. The number of carbonyl (C=O) groups is 1. The van der Waals surface area contributed by atoms with Crippen LogP contribution < -0.4 is 0 Å². The predicted molar refractivity (Wildman–Crippen MR) is 135 cm³/mol. The minimum Gasteiger partial charge on any atom is -0.462 e. The molecule has 191 valence electrons. The fourth-order valence-corrected chi connectivity index (χ4v) is 3.54. The first-order valence-corrected chi connectivity index (χ1v) is 11.5. The molecule has 1 heterocycles. The number of aromatic nitrogens is 3. The average Bonchev–Trinajstić information content (AvgIpc) is 3.30. The molecule has 1 radical (unpaired) electrons. The standard InChI is InChI=1S/C23H18N3O2.C5H12O2.Ir/c1-2-28-23(27)19-15-9-10-16-20(19)26-21(17-11-5-3-6-12-17)24-25-22(26)18-13-7-4-8-14-18;1-4(6)3-5(2)7;/h3-13,15-16H,2H2,1H3;4-7H,3H2,1-2H3;/q-1;;. The van der Waals surface area contributed by atoms with Crippen molar-refractivity contribution in [2.45, 2.75) is 39.4 Å². The molecule has 0 spiro atoms. The number of aliphatic hydroxyl groups excluding tert-OH is 2. The zero-order chi connectivity index (χ0) is 25.2. The fraction of sp³-hybridized carbons (Fsp3) is 0.250. The average molecular weight is 665 g/mol. The summed E-state index contributed by atoms with van der Waals surface area (Å²) in [5, 5.41) is 26.0. The molecule has 2 N–H and O–H groups in total. The summed E-state index contributed by atoms with van der Waals surface area (Å²) in [4.78, 5) is 12.6. The Morgan fingerprint density at radius 3 is 2.11 bits per heavy atom. The third-order valence-electron chi connectivity index (χ3n) is 4.97.